The SMILES string of the molecule is O=c1n2c3c(c[n+]1[C@H]1C[C@H](O)[C@@H](CO)O1)[C@@H](O)CCN3[C@@H](O)CC2. The highest BCUT2D eigenvalue weighted by Crippen LogP contribution is 2.36. The van der Waals surface area contributed by atoms with E-state index >= 15 is 0 Å². The number of anilines is 1. The highest BCUT2D eigenvalue weighted by Gasteiger charge is 2.43. The summed E-state index contributed by atoms with van der Waals surface area (Å²) < 4.78 is 8.51. The molecule has 3 aliphatic rings. The van der Waals surface area contributed by atoms with Crippen molar-refractivity contribution in [2.45, 2.75) is 56.6 Å². The van der Waals surface area contributed by atoms with Crippen molar-refractivity contribution in [2.75, 3.05) is 18.1 Å². The van der Waals surface area contributed by atoms with Crippen LogP contribution in [0.2, 0.25) is 0 Å². The molecule has 3 aliphatic heterocycles. The molecule has 0 spiro atoms. The Hall–Kier alpha value is -1.52. The number of aliphatic hydroxyl groups is 4. The molecule has 0 unspecified atom stereocenters. The van der Waals surface area contributed by atoms with E-state index in [2.05, 4.69) is 0 Å². The summed E-state index contributed by atoms with van der Waals surface area (Å²) in [4.78, 5) is 14.6. The first-order valence-corrected chi connectivity index (χ1v) is 8.27. The van der Waals surface area contributed by atoms with Gasteiger partial charge in [0.1, 0.15) is 25.1 Å². The van der Waals surface area contributed by atoms with Gasteiger partial charge in [0.2, 0.25) is 12.0 Å². The minimum absolute atomic E-state index is 0.201. The Labute approximate surface area is 137 Å². The quantitative estimate of drug-likeness (QED) is 0.449. The van der Waals surface area contributed by atoms with Crippen LogP contribution in [0.5, 0.6) is 0 Å². The number of ether oxygens (including phenoxy) is 1. The van der Waals surface area contributed by atoms with Crippen LogP contribution in [0.4, 0.5) is 5.82 Å². The van der Waals surface area contributed by atoms with E-state index in [1.165, 1.54) is 4.57 Å². The van der Waals surface area contributed by atoms with Crippen LogP contribution in [-0.4, -0.2) is 56.6 Å². The van der Waals surface area contributed by atoms with Crippen LogP contribution in [0.1, 0.15) is 37.2 Å². The van der Waals surface area contributed by atoms with E-state index < -0.39 is 30.8 Å². The first kappa shape index (κ1) is 16.0. The van der Waals surface area contributed by atoms with Gasteiger partial charge in [-0.1, -0.05) is 0 Å². The van der Waals surface area contributed by atoms with Gasteiger partial charge in [-0.15, -0.1) is 0 Å². The predicted octanol–water partition coefficient (Wildman–Crippen LogP) is -2.26. The summed E-state index contributed by atoms with van der Waals surface area (Å²) in [6.07, 6.45) is -0.972. The molecule has 0 radical (unpaired) electrons. The van der Waals surface area contributed by atoms with Crippen molar-refractivity contribution in [3.05, 3.63) is 22.2 Å². The summed E-state index contributed by atoms with van der Waals surface area (Å²) in [5.41, 5.74) is 0.265. The van der Waals surface area contributed by atoms with Gasteiger partial charge in [0.05, 0.1) is 24.4 Å². The van der Waals surface area contributed by atoms with Gasteiger partial charge in [-0.25, -0.2) is 0 Å². The Morgan fingerprint density at radius 1 is 1.25 bits per heavy atom. The van der Waals surface area contributed by atoms with Crippen LogP contribution in [0, 0.1) is 0 Å². The number of aromatic nitrogens is 2. The molecule has 4 rings (SSSR count). The summed E-state index contributed by atoms with van der Waals surface area (Å²) in [5.74, 6) is 0.561. The van der Waals surface area contributed by atoms with E-state index in [9.17, 15) is 25.2 Å². The highest BCUT2D eigenvalue weighted by molar-refractivity contribution is 5.51. The fraction of sp³-hybridized carbons (Fsp3) is 0.733. The molecule has 0 aromatic carbocycles. The maximum Gasteiger partial charge on any atom is 0.501 e. The third-order valence-electron chi connectivity index (χ3n) is 5.18. The van der Waals surface area contributed by atoms with Gasteiger partial charge in [-0.3, -0.25) is 0 Å². The van der Waals surface area contributed by atoms with Crippen LogP contribution >= 0.6 is 0 Å². The average molecular weight is 340 g/mol. The third kappa shape index (κ3) is 2.27. The van der Waals surface area contributed by atoms with Crippen molar-refractivity contribution in [2.24, 2.45) is 0 Å². The molecule has 1 aromatic heterocycles. The second-order valence-electron chi connectivity index (χ2n) is 6.63. The topological polar surface area (TPSA) is 119 Å². The zero-order valence-corrected chi connectivity index (χ0v) is 13.2. The van der Waals surface area contributed by atoms with Crippen molar-refractivity contribution >= 4 is 5.82 Å². The summed E-state index contributed by atoms with van der Waals surface area (Å²) in [6, 6.07) is 0. The third-order valence-corrected chi connectivity index (χ3v) is 5.18. The molecule has 0 aliphatic carbocycles. The van der Waals surface area contributed by atoms with Crippen LogP contribution in [0.3, 0.4) is 0 Å². The van der Waals surface area contributed by atoms with Crippen LogP contribution in [0.25, 0.3) is 0 Å². The molecule has 0 amide bonds. The Morgan fingerprint density at radius 3 is 2.75 bits per heavy atom. The summed E-state index contributed by atoms with van der Waals surface area (Å²) in [7, 11) is 0. The van der Waals surface area contributed by atoms with Crippen LogP contribution < -0.4 is 15.2 Å². The maximum atomic E-state index is 12.9. The predicted molar refractivity (Wildman–Crippen MR) is 80.1 cm³/mol. The minimum Gasteiger partial charge on any atom is -0.394 e. The molecule has 1 saturated heterocycles. The van der Waals surface area contributed by atoms with Crippen molar-refractivity contribution in [3.63, 3.8) is 0 Å². The van der Waals surface area contributed by atoms with E-state index in [-0.39, 0.29) is 18.7 Å². The van der Waals surface area contributed by atoms with E-state index in [0.717, 1.165) is 0 Å². The molecular weight excluding hydrogens is 318 g/mol. The average Bonchev–Trinajstić information content (AvgIpc) is 2.94. The van der Waals surface area contributed by atoms with Gasteiger partial charge in [-0.2, -0.15) is 13.9 Å². The van der Waals surface area contributed by atoms with Crippen LogP contribution in [-0.2, 0) is 11.3 Å². The molecule has 4 heterocycles. The zero-order valence-electron chi connectivity index (χ0n) is 13.2. The molecule has 1 fully saturated rings. The lowest BCUT2D eigenvalue weighted by atomic mass is 10.0. The number of aliphatic hydroxyl groups excluding tert-OH is 4. The number of nitrogens with zero attached hydrogens (tertiary/aromatic N) is 3. The molecule has 1 aromatic rings. The molecule has 5 atom stereocenters. The molecule has 24 heavy (non-hydrogen) atoms. The van der Waals surface area contributed by atoms with Crippen molar-refractivity contribution in [3.8, 4) is 0 Å². The van der Waals surface area contributed by atoms with Gasteiger partial charge in [0.25, 0.3) is 0 Å². The molecule has 9 nitrogen and oxygen atoms in total. The first-order valence-electron chi connectivity index (χ1n) is 8.27. The Balaban J connectivity index is 1.81. The number of hydrogen-bond donors (Lipinski definition) is 4. The molecule has 0 saturated carbocycles. The van der Waals surface area contributed by atoms with E-state index in [1.54, 1.807) is 15.7 Å². The Morgan fingerprint density at radius 2 is 2.04 bits per heavy atom. The molecule has 9 heteroatoms. The van der Waals surface area contributed by atoms with Crippen molar-refractivity contribution in [1.82, 2.24) is 4.57 Å². The minimum atomic E-state index is -0.840. The number of hydrogen-bond acceptors (Lipinski definition) is 7. The monoisotopic (exact) mass is 340 g/mol. The summed E-state index contributed by atoms with van der Waals surface area (Å²) >= 11 is 0. The lowest BCUT2D eigenvalue weighted by Crippen LogP contribution is -2.61. The van der Waals surface area contributed by atoms with E-state index in [1.807, 2.05) is 0 Å². The number of rotatable bonds is 2. The summed E-state index contributed by atoms with van der Waals surface area (Å²) in [5, 5.41) is 39.7. The zero-order chi connectivity index (χ0) is 17.0. The van der Waals surface area contributed by atoms with Gasteiger partial charge in [0.15, 0.2) is 0 Å². The Kier molecular flexibility index (Phi) is 3.85. The van der Waals surface area contributed by atoms with Crippen molar-refractivity contribution in [1.29, 1.82) is 0 Å². The standard InChI is InChI=1S/C15H22N3O6/c19-7-11-10(21)5-13(24-11)18-6-8-9(20)1-3-16-12(22)2-4-17(14(8)16)15(18)23/h6,9-13,19-22H,1-5,7H2/q+1/t9-,10-,11+,12-,13+/m0/s1. The van der Waals surface area contributed by atoms with Gasteiger partial charge >= 0.3 is 5.69 Å². The molecular formula is C15H22N3O6+. The molecule has 132 valence electrons. The smallest absolute Gasteiger partial charge is 0.394 e. The fourth-order valence-corrected chi connectivity index (χ4v) is 3.88. The molecule has 0 bridgehead atoms. The van der Waals surface area contributed by atoms with Gasteiger partial charge in [-0.05, 0) is 6.42 Å². The van der Waals surface area contributed by atoms with Crippen LogP contribution in [0.15, 0.2) is 11.0 Å². The van der Waals surface area contributed by atoms with Gasteiger partial charge in [0, 0.05) is 19.4 Å². The Bertz CT molecular complexity index is 707. The van der Waals surface area contributed by atoms with E-state index in [4.69, 9.17) is 4.74 Å². The largest absolute Gasteiger partial charge is 0.501 e. The lowest BCUT2D eigenvalue weighted by molar-refractivity contribution is -0.775. The second kappa shape index (κ2) is 5.78. The van der Waals surface area contributed by atoms with Gasteiger partial charge < -0.3 is 30.1 Å². The van der Waals surface area contributed by atoms with Crippen molar-refractivity contribution < 1.29 is 29.7 Å². The lowest BCUT2D eigenvalue weighted by Gasteiger charge is -2.38. The first-order chi connectivity index (χ1) is 11.5. The summed E-state index contributed by atoms with van der Waals surface area (Å²) in [6.45, 7) is 0.523. The normalized spacial score (nSPS) is 35.2. The maximum absolute atomic E-state index is 12.9. The molecule has 4 N–H and O–H groups in total. The fourth-order valence-electron chi connectivity index (χ4n) is 3.88. The van der Waals surface area contributed by atoms with E-state index in [0.29, 0.717) is 37.3 Å². The highest BCUT2D eigenvalue weighted by atomic mass is 16.5. The second-order valence-corrected chi connectivity index (χ2v) is 6.63.